The molecule has 0 fully saturated rings. The van der Waals surface area contributed by atoms with Crippen LogP contribution in [-0.4, -0.2) is 12.0 Å². The number of nitrogens with one attached hydrogen (secondary N) is 1. The Labute approximate surface area is 194 Å². The van der Waals surface area contributed by atoms with E-state index in [1.165, 1.54) is 0 Å². The van der Waals surface area contributed by atoms with E-state index in [-0.39, 0.29) is 5.91 Å². The Hall–Kier alpha value is -4.05. The molecule has 1 amide bonds. The van der Waals surface area contributed by atoms with Gasteiger partial charge >= 0.3 is 0 Å². The standard InChI is InChI=1S/C29H27NO3/c1-2-28(33-26-18-16-24(17-19-26)23-12-7-4-8-13-23)29(31)30-25-14-9-15-27(20-25)32-21-22-10-5-3-6-11-22/h3-20,28H,2,21H2,1H3,(H,30,31). The van der Waals surface area contributed by atoms with Gasteiger partial charge in [0.2, 0.25) is 0 Å². The number of amides is 1. The Morgan fingerprint density at radius 1 is 0.758 bits per heavy atom. The van der Waals surface area contributed by atoms with Crippen LogP contribution in [0.3, 0.4) is 0 Å². The Kier molecular flexibility index (Phi) is 7.39. The first-order valence-corrected chi connectivity index (χ1v) is 11.1. The van der Waals surface area contributed by atoms with Gasteiger partial charge in [0, 0.05) is 11.8 Å². The van der Waals surface area contributed by atoms with Crippen LogP contribution in [0.25, 0.3) is 11.1 Å². The monoisotopic (exact) mass is 437 g/mol. The summed E-state index contributed by atoms with van der Waals surface area (Å²) in [6.45, 7) is 2.40. The molecule has 1 atom stereocenters. The van der Waals surface area contributed by atoms with Crippen LogP contribution >= 0.6 is 0 Å². The highest BCUT2D eigenvalue weighted by Crippen LogP contribution is 2.24. The number of carbonyl (C=O) groups excluding carboxylic acids is 1. The molecule has 0 radical (unpaired) electrons. The highest BCUT2D eigenvalue weighted by Gasteiger charge is 2.19. The van der Waals surface area contributed by atoms with Crippen molar-refractivity contribution in [3.8, 4) is 22.6 Å². The molecule has 4 aromatic rings. The predicted molar refractivity (Wildman–Crippen MR) is 132 cm³/mol. The maximum Gasteiger partial charge on any atom is 0.265 e. The highest BCUT2D eigenvalue weighted by molar-refractivity contribution is 5.94. The third-order valence-electron chi connectivity index (χ3n) is 5.25. The summed E-state index contributed by atoms with van der Waals surface area (Å²) in [4.78, 5) is 12.9. The van der Waals surface area contributed by atoms with Gasteiger partial charge in [-0.05, 0) is 47.4 Å². The Bertz CT molecular complexity index is 1160. The average molecular weight is 438 g/mol. The topological polar surface area (TPSA) is 47.6 Å². The molecule has 4 rings (SSSR count). The van der Waals surface area contributed by atoms with Crippen LogP contribution in [0.15, 0.2) is 109 Å². The molecule has 4 aromatic carbocycles. The van der Waals surface area contributed by atoms with Crippen LogP contribution in [0.5, 0.6) is 11.5 Å². The minimum atomic E-state index is -0.596. The molecule has 0 heterocycles. The van der Waals surface area contributed by atoms with E-state index in [0.717, 1.165) is 16.7 Å². The summed E-state index contributed by atoms with van der Waals surface area (Å²) >= 11 is 0. The number of ether oxygens (including phenoxy) is 2. The summed E-state index contributed by atoms with van der Waals surface area (Å²) < 4.78 is 11.8. The molecule has 0 bridgehead atoms. The molecule has 0 saturated heterocycles. The first-order valence-electron chi connectivity index (χ1n) is 11.1. The summed E-state index contributed by atoms with van der Waals surface area (Å²) in [5.74, 6) is 1.17. The summed E-state index contributed by atoms with van der Waals surface area (Å²) in [6.07, 6.45) is -0.0438. The van der Waals surface area contributed by atoms with E-state index in [4.69, 9.17) is 9.47 Å². The molecule has 1 unspecified atom stereocenters. The van der Waals surface area contributed by atoms with E-state index in [0.29, 0.717) is 30.2 Å². The highest BCUT2D eigenvalue weighted by atomic mass is 16.5. The van der Waals surface area contributed by atoms with Crippen LogP contribution in [0.2, 0.25) is 0 Å². The molecular weight excluding hydrogens is 410 g/mol. The molecule has 1 N–H and O–H groups in total. The Balaban J connectivity index is 1.36. The van der Waals surface area contributed by atoms with Gasteiger partial charge in [-0.15, -0.1) is 0 Å². The summed E-state index contributed by atoms with van der Waals surface area (Å²) in [7, 11) is 0. The van der Waals surface area contributed by atoms with Gasteiger partial charge in [0.1, 0.15) is 18.1 Å². The fourth-order valence-corrected chi connectivity index (χ4v) is 3.47. The molecule has 0 aliphatic heterocycles. The second-order valence-electron chi connectivity index (χ2n) is 7.70. The van der Waals surface area contributed by atoms with Gasteiger partial charge < -0.3 is 14.8 Å². The zero-order valence-electron chi connectivity index (χ0n) is 18.6. The van der Waals surface area contributed by atoms with Crippen LogP contribution in [0.4, 0.5) is 5.69 Å². The Morgan fingerprint density at radius 2 is 1.42 bits per heavy atom. The summed E-state index contributed by atoms with van der Waals surface area (Å²) in [6, 6.07) is 35.3. The summed E-state index contributed by atoms with van der Waals surface area (Å²) in [5.41, 5.74) is 4.01. The van der Waals surface area contributed by atoms with Gasteiger partial charge in [-0.1, -0.05) is 85.8 Å². The average Bonchev–Trinajstić information content (AvgIpc) is 2.88. The van der Waals surface area contributed by atoms with Gasteiger partial charge in [0.25, 0.3) is 5.91 Å². The Morgan fingerprint density at radius 3 is 2.12 bits per heavy atom. The summed E-state index contributed by atoms with van der Waals surface area (Å²) in [5, 5.41) is 2.95. The SMILES string of the molecule is CCC(Oc1ccc(-c2ccccc2)cc1)C(=O)Nc1cccc(OCc2ccccc2)c1. The van der Waals surface area contributed by atoms with Crippen LogP contribution in [0, 0.1) is 0 Å². The molecule has 0 saturated carbocycles. The molecule has 4 nitrogen and oxygen atoms in total. The maximum absolute atomic E-state index is 12.9. The second kappa shape index (κ2) is 11.0. The molecule has 4 heteroatoms. The minimum Gasteiger partial charge on any atom is -0.489 e. The van der Waals surface area contributed by atoms with Gasteiger partial charge in [0.05, 0.1) is 0 Å². The smallest absolute Gasteiger partial charge is 0.265 e. The minimum absolute atomic E-state index is 0.190. The third kappa shape index (κ3) is 6.23. The van der Waals surface area contributed by atoms with Crippen molar-refractivity contribution < 1.29 is 14.3 Å². The van der Waals surface area contributed by atoms with Crippen molar-refractivity contribution in [1.29, 1.82) is 0 Å². The number of carbonyl (C=O) groups is 1. The van der Waals surface area contributed by atoms with Crippen molar-refractivity contribution in [2.75, 3.05) is 5.32 Å². The van der Waals surface area contributed by atoms with Gasteiger partial charge in [-0.2, -0.15) is 0 Å². The number of hydrogen-bond acceptors (Lipinski definition) is 3. The van der Waals surface area contributed by atoms with Gasteiger partial charge in [0.15, 0.2) is 6.10 Å². The third-order valence-corrected chi connectivity index (χ3v) is 5.25. The van der Waals surface area contributed by atoms with Crippen molar-refractivity contribution in [1.82, 2.24) is 0 Å². The quantitative estimate of drug-likeness (QED) is 0.316. The van der Waals surface area contributed by atoms with Crippen molar-refractivity contribution >= 4 is 11.6 Å². The van der Waals surface area contributed by atoms with Crippen molar-refractivity contribution in [3.63, 3.8) is 0 Å². The lowest BCUT2D eigenvalue weighted by Crippen LogP contribution is -2.32. The molecule has 0 aliphatic rings. The lowest BCUT2D eigenvalue weighted by Gasteiger charge is -2.18. The fraction of sp³-hybridized carbons (Fsp3) is 0.138. The lowest BCUT2D eigenvalue weighted by atomic mass is 10.1. The fourth-order valence-electron chi connectivity index (χ4n) is 3.47. The molecule has 166 valence electrons. The van der Waals surface area contributed by atoms with Crippen LogP contribution in [0.1, 0.15) is 18.9 Å². The molecule has 0 aromatic heterocycles. The molecule has 0 spiro atoms. The van der Waals surface area contributed by atoms with Crippen molar-refractivity contribution in [2.45, 2.75) is 26.1 Å². The number of anilines is 1. The van der Waals surface area contributed by atoms with E-state index in [1.807, 2.05) is 104 Å². The van der Waals surface area contributed by atoms with E-state index in [9.17, 15) is 4.79 Å². The second-order valence-corrected chi connectivity index (χ2v) is 7.70. The van der Waals surface area contributed by atoms with E-state index in [1.54, 1.807) is 0 Å². The zero-order chi connectivity index (χ0) is 22.9. The number of benzene rings is 4. The van der Waals surface area contributed by atoms with Crippen LogP contribution < -0.4 is 14.8 Å². The van der Waals surface area contributed by atoms with Gasteiger partial charge in [-0.3, -0.25) is 4.79 Å². The number of rotatable bonds is 9. The first kappa shape index (κ1) is 22.2. The lowest BCUT2D eigenvalue weighted by molar-refractivity contribution is -0.122. The molecule has 0 aliphatic carbocycles. The zero-order valence-corrected chi connectivity index (χ0v) is 18.6. The maximum atomic E-state index is 12.9. The van der Waals surface area contributed by atoms with Crippen molar-refractivity contribution in [2.24, 2.45) is 0 Å². The normalized spacial score (nSPS) is 11.4. The molecular formula is C29H27NO3. The van der Waals surface area contributed by atoms with E-state index >= 15 is 0 Å². The van der Waals surface area contributed by atoms with E-state index < -0.39 is 6.10 Å². The van der Waals surface area contributed by atoms with Gasteiger partial charge in [-0.25, -0.2) is 0 Å². The number of hydrogen-bond donors (Lipinski definition) is 1. The predicted octanol–water partition coefficient (Wildman–Crippen LogP) is 6.73. The van der Waals surface area contributed by atoms with Crippen LogP contribution in [-0.2, 0) is 11.4 Å². The van der Waals surface area contributed by atoms with Crippen molar-refractivity contribution in [3.05, 3.63) is 115 Å². The first-order chi connectivity index (χ1) is 16.2. The largest absolute Gasteiger partial charge is 0.489 e. The van der Waals surface area contributed by atoms with E-state index in [2.05, 4.69) is 17.4 Å². The molecule has 33 heavy (non-hydrogen) atoms.